The summed E-state index contributed by atoms with van der Waals surface area (Å²) in [4.78, 5) is 30.1. The van der Waals surface area contributed by atoms with Crippen LogP contribution in [0.1, 0.15) is 40.5 Å². The van der Waals surface area contributed by atoms with Crippen molar-refractivity contribution in [3.8, 4) is 0 Å². The fourth-order valence-electron chi connectivity index (χ4n) is 1.08. The van der Waals surface area contributed by atoms with Gasteiger partial charge < -0.3 is 20.1 Å². The minimum absolute atomic E-state index is 0.286. The van der Waals surface area contributed by atoms with E-state index < -0.39 is 30.5 Å². The highest BCUT2D eigenvalue weighted by molar-refractivity contribution is 5.86. The first kappa shape index (κ1) is 27.6. The van der Waals surface area contributed by atoms with Crippen LogP contribution in [0.5, 0.6) is 0 Å². The Labute approximate surface area is 160 Å². The minimum Gasteiger partial charge on any atom is -0.478 e. The monoisotopic (exact) mass is 410 g/mol. The Bertz CT molecular complexity index is 628. The molecular weight excluding hydrogens is 385 g/mol. The Morgan fingerprint density at radius 1 is 0.929 bits per heavy atom. The molecule has 0 spiro atoms. The van der Waals surface area contributed by atoms with Crippen LogP contribution in [0.4, 0.5) is 13.2 Å². The third-order valence-electron chi connectivity index (χ3n) is 3.17. The number of carbonyl (C=O) groups is 3. The van der Waals surface area contributed by atoms with Crippen LogP contribution in [-0.4, -0.2) is 52.1 Å². The zero-order chi connectivity index (χ0) is 22.5. The molecule has 1 heterocycles. The van der Waals surface area contributed by atoms with Crippen molar-refractivity contribution in [1.82, 2.24) is 0 Å². The molecule has 0 bridgehead atoms. The number of ether oxygens (including phenoxy) is 1. The first-order valence-electron chi connectivity index (χ1n) is 8.05. The van der Waals surface area contributed by atoms with Gasteiger partial charge in [0.2, 0.25) is 0 Å². The van der Waals surface area contributed by atoms with Crippen LogP contribution in [0.25, 0.3) is 0 Å². The molecule has 1 fully saturated rings. The molecule has 0 aliphatic carbocycles. The van der Waals surface area contributed by atoms with Gasteiger partial charge in [-0.3, -0.25) is 0 Å². The van der Waals surface area contributed by atoms with E-state index in [2.05, 4.69) is 0 Å². The van der Waals surface area contributed by atoms with Crippen LogP contribution in [0.2, 0.25) is 0 Å². The maximum absolute atomic E-state index is 11.4. The lowest BCUT2D eigenvalue weighted by atomic mass is 10.2. The fourth-order valence-corrected chi connectivity index (χ4v) is 1.08. The second kappa shape index (κ2) is 13.5. The molecule has 10 heteroatoms. The Kier molecular flexibility index (Phi) is 13.3. The van der Waals surface area contributed by atoms with Crippen LogP contribution in [0.15, 0.2) is 34.9 Å². The molecular formula is C18H25F3O7. The van der Waals surface area contributed by atoms with Gasteiger partial charge in [0.1, 0.15) is 0 Å². The Hall–Kier alpha value is -2.62. The largest absolute Gasteiger partial charge is 0.478 e. The van der Waals surface area contributed by atoms with E-state index >= 15 is 0 Å². The molecule has 0 radical (unpaired) electrons. The first-order valence-corrected chi connectivity index (χ1v) is 8.05. The summed E-state index contributed by atoms with van der Waals surface area (Å²) < 4.78 is 39.2. The number of halogens is 3. The first-order chi connectivity index (χ1) is 12.7. The molecule has 1 unspecified atom stereocenters. The summed E-state index contributed by atoms with van der Waals surface area (Å²) >= 11 is 0. The summed E-state index contributed by atoms with van der Waals surface area (Å²) in [6.45, 7) is 6.74. The van der Waals surface area contributed by atoms with Crippen LogP contribution in [0.3, 0.4) is 0 Å². The van der Waals surface area contributed by atoms with Gasteiger partial charge in [-0.15, -0.1) is 0 Å². The maximum atomic E-state index is 11.4. The van der Waals surface area contributed by atoms with Gasteiger partial charge in [-0.1, -0.05) is 18.2 Å². The number of hydrogen-bond acceptors (Lipinski definition) is 4. The molecule has 1 aliphatic rings. The molecule has 0 aromatic heterocycles. The van der Waals surface area contributed by atoms with Crippen LogP contribution < -0.4 is 0 Å². The maximum Gasteiger partial charge on any atom is 0.392 e. The Morgan fingerprint density at radius 2 is 1.32 bits per heavy atom. The standard InChI is InChI=1S/C7H10O3.C6H7F3O2.C5H8O2/c1-5(7(8)9)2-3-6-4-10-6;1-4(5(10)11)2-3-6(7,8)9;1-3-4(2)5(6)7/h2,6H,3-4H2,1H3,(H,8,9);2H,3H2,1H3,(H,10,11);3H,1-2H3,(H,6,7)/b5-2+;4-2+;4-3+. The average molecular weight is 410 g/mol. The van der Waals surface area contributed by atoms with Crippen LogP contribution >= 0.6 is 0 Å². The highest BCUT2D eigenvalue weighted by Gasteiger charge is 2.25. The molecule has 1 atom stereocenters. The SMILES string of the molecule is C/C(=C\CC(F)(F)F)C(=O)O.C/C(=C\CC1CO1)C(=O)O.C/C=C(\C)C(=O)O. The second-order valence-corrected chi connectivity index (χ2v) is 5.67. The fraction of sp³-hybridized carbons (Fsp3) is 0.500. The van der Waals surface area contributed by atoms with Crippen molar-refractivity contribution < 1.29 is 47.6 Å². The summed E-state index contributed by atoms with van der Waals surface area (Å²) in [5.74, 6) is -3.02. The zero-order valence-corrected chi connectivity index (χ0v) is 16.0. The number of rotatable bonds is 6. The van der Waals surface area contributed by atoms with Gasteiger partial charge >= 0.3 is 24.1 Å². The third-order valence-corrected chi connectivity index (χ3v) is 3.17. The van der Waals surface area contributed by atoms with Crippen LogP contribution in [-0.2, 0) is 19.1 Å². The van der Waals surface area contributed by atoms with Gasteiger partial charge in [0.15, 0.2) is 0 Å². The van der Waals surface area contributed by atoms with Crippen molar-refractivity contribution in [1.29, 1.82) is 0 Å². The van der Waals surface area contributed by atoms with Crippen molar-refractivity contribution in [2.75, 3.05) is 6.61 Å². The molecule has 0 aromatic rings. The second-order valence-electron chi connectivity index (χ2n) is 5.67. The summed E-state index contributed by atoms with van der Waals surface area (Å²) in [7, 11) is 0. The zero-order valence-electron chi connectivity index (χ0n) is 16.0. The van der Waals surface area contributed by atoms with Gasteiger partial charge in [0.05, 0.1) is 19.1 Å². The van der Waals surface area contributed by atoms with E-state index in [4.69, 9.17) is 20.1 Å². The summed E-state index contributed by atoms with van der Waals surface area (Å²) in [6.07, 6.45) is -0.598. The normalized spacial score (nSPS) is 16.8. The van der Waals surface area contributed by atoms with E-state index in [1.54, 1.807) is 32.9 Å². The third kappa shape index (κ3) is 18.2. The number of carboxylic acid groups (broad SMARTS) is 3. The number of hydrogen-bond donors (Lipinski definition) is 3. The van der Waals surface area contributed by atoms with Gasteiger partial charge in [-0.2, -0.15) is 13.2 Å². The molecule has 160 valence electrons. The molecule has 0 aromatic carbocycles. The van der Waals surface area contributed by atoms with Gasteiger partial charge in [0, 0.05) is 16.7 Å². The number of carboxylic acids is 3. The molecule has 3 N–H and O–H groups in total. The summed E-state index contributed by atoms with van der Waals surface area (Å²) in [6, 6.07) is 0. The van der Waals surface area contributed by atoms with E-state index in [9.17, 15) is 27.6 Å². The van der Waals surface area contributed by atoms with Crippen molar-refractivity contribution in [2.45, 2.75) is 52.8 Å². The van der Waals surface area contributed by atoms with Gasteiger partial charge in [0.25, 0.3) is 0 Å². The van der Waals surface area contributed by atoms with Crippen molar-refractivity contribution in [2.24, 2.45) is 0 Å². The molecule has 1 saturated heterocycles. The smallest absolute Gasteiger partial charge is 0.392 e. The number of epoxide rings is 1. The van der Waals surface area contributed by atoms with Gasteiger partial charge in [-0.25, -0.2) is 14.4 Å². The van der Waals surface area contributed by atoms with Crippen molar-refractivity contribution >= 4 is 17.9 Å². The van der Waals surface area contributed by atoms with E-state index in [0.717, 1.165) is 20.0 Å². The highest BCUT2D eigenvalue weighted by atomic mass is 19.4. The lowest BCUT2D eigenvalue weighted by Crippen LogP contribution is -2.06. The van der Waals surface area contributed by atoms with E-state index in [-0.39, 0.29) is 11.7 Å². The number of allylic oxidation sites excluding steroid dienone is 2. The van der Waals surface area contributed by atoms with Crippen LogP contribution in [0, 0.1) is 0 Å². The lowest BCUT2D eigenvalue weighted by Gasteiger charge is -2.00. The minimum atomic E-state index is -4.32. The Balaban J connectivity index is 0. The summed E-state index contributed by atoms with van der Waals surface area (Å²) in [5, 5.41) is 24.7. The van der Waals surface area contributed by atoms with E-state index in [1.807, 2.05) is 0 Å². The molecule has 7 nitrogen and oxygen atoms in total. The van der Waals surface area contributed by atoms with E-state index in [1.165, 1.54) is 0 Å². The molecule has 0 amide bonds. The average Bonchev–Trinajstić information content (AvgIpc) is 3.41. The highest BCUT2D eigenvalue weighted by Crippen LogP contribution is 2.20. The summed E-state index contributed by atoms with van der Waals surface area (Å²) in [5.41, 5.74) is 0.498. The molecule has 1 aliphatic heterocycles. The van der Waals surface area contributed by atoms with Crippen molar-refractivity contribution in [3.63, 3.8) is 0 Å². The van der Waals surface area contributed by atoms with Crippen molar-refractivity contribution in [3.05, 3.63) is 34.9 Å². The number of aliphatic carboxylic acids is 3. The van der Waals surface area contributed by atoms with E-state index in [0.29, 0.717) is 17.2 Å². The number of alkyl halides is 3. The molecule has 1 rings (SSSR count). The topological polar surface area (TPSA) is 124 Å². The Morgan fingerprint density at radius 3 is 1.57 bits per heavy atom. The quantitative estimate of drug-likeness (QED) is 0.449. The molecule has 28 heavy (non-hydrogen) atoms. The predicted molar refractivity (Wildman–Crippen MR) is 94.9 cm³/mol. The van der Waals surface area contributed by atoms with Gasteiger partial charge in [-0.05, 0) is 34.1 Å². The lowest BCUT2D eigenvalue weighted by molar-refractivity contribution is -0.134. The molecule has 0 saturated carbocycles. The predicted octanol–water partition coefficient (Wildman–Crippen LogP) is 3.81.